The average molecular weight is 521 g/mol. The predicted octanol–water partition coefficient (Wildman–Crippen LogP) is 2.42. The van der Waals surface area contributed by atoms with Gasteiger partial charge in [0, 0.05) is 44.0 Å². The molecule has 2 amide bonds. The van der Waals surface area contributed by atoms with Gasteiger partial charge in [0.1, 0.15) is 18.7 Å². The van der Waals surface area contributed by atoms with Gasteiger partial charge in [-0.2, -0.15) is 0 Å². The minimum Gasteiger partial charge on any atom is -0.369 e. The van der Waals surface area contributed by atoms with E-state index in [4.69, 9.17) is 4.74 Å². The summed E-state index contributed by atoms with van der Waals surface area (Å²) < 4.78 is 32.5. The van der Waals surface area contributed by atoms with Gasteiger partial charge in [0.2, 0.25) is 12.3 Å². The third-order valence-electron chi connectivity index (χ3n) is 7.55. The van der Waals surface area contributed by atoms with Crippen LogP contribution in [0.25, 0.3) is 0 Å². The van der Waals surface area contributed by atoms with Crippen LogP contribution in [-0.4, -0.2) is 97.9 Å². The number of ketones is 1. The number of benzene rings is 1. The summed E-state index contributed by atoms with van der Waals surface area (Å²) in [5, 5.41) is 2.81. The molecule has 0 spiro atoms. The Balaban J connectivity index is 1.42. The Kier molecular flexibility index (Phi) is 8.79. The predicted molar refractivity (Wildman–Crippen MR) is 136 cm³/mol. The Morgan fingerprint density at radius 1 is 1.11 bits per heavy atom. The van der Waals surface area contributed by atoms with E-state index in [0.717, 1.165) is 44.8 Å². The number of ether oxygens (including phenoxy) is 1. The summed E-state index contributed by atoms with van der Waals surface area (Å²) in [5.41, 5.74) is 1.46. The Hall–Kier alpha value is -2.59. The number of anilines is 1. The van der Waals surface area contributed by atoms with Gasteiger partial charge in [-0.1, -0.05) is 20.8 Å². The van der Waals surface area contributed by atoms with Crippen LogP contribution in [0.2, 0.25) is 0 Å². The van der Waals surface area contributed by atoms with Gasteiger partial charge in [0.25, 0.3) is 5.91 Å². The Labute approximate surface area is 217 Å². The molecule has 204 valence electrons. The molecule has 0 aromatic heterocycles. The van der Waals surface area contributed by atoms with Crippen LogP contribution in [0.5, 0.6) is 0 Å². The summed E-state index contributed by atoms with van der Waals surface area (Å²) in [6.07, 6.45) is -2.24. The van der Waals surface area contributed by atoms with Crippen molar-refractivity contribution >= 4 is 23.3 Å². The molecule has 0 aliphatic carbocycles. The zero-order valence-electron chi connectivity index (χ0n) is 21.9. The molecule has 3 saturated heterocycles. The van der Waals surface area contributed by atoms with E-state index in [9.17, 15) is 23.2 Å². The second kappa shape index (κ2) is 11.9. The van der Waals surface area contributed by atoms with Gasteiger partial charge in [-0.3, -0.25) is 19.3 Å². The summed E-state index contributed by atoms with van der Waals surface area (Å²) in [5.74, 6) is -2.45. The lowest BCUT2D eigenvalue weighted by Crippen LogP contribution is -2.52. The van der Waals surface area contributed by atoms with E-state index < -0.39 is 42.3 Å². The minimum atomic E-state index is -2.71. The number of piperazine rings is 1. The first-order chi connectivity index (χ1) is 17.7. The molecule has 0 radical (unpaired) electrons. The number of halogens is 2. The molecular formula is C27H38F2N4O4. The molecule has 3 aliphatic rings. The number of nitrogens with zero attached hydrogens (tertiary/aromatic N) is 3. The van der Waals surface area contributed by atoms with Crippen molar-refractivity contribution in [3.05, 3.63) is 29.8 Å². The number of nitrogens with one attached hydrogen (secondary N) is 1. The van der Waals surface area contributed by atoms with Crippen molar-refractivity contribution in [2.75, 3.05) is 50.8 Å². The average Bonchev–Trinajstić information content (AvgIpc) is 3.44. The number of likely N-dealkylation sites (tertiary alicyclic amines) is 1. The van der Waals surface area contributed by atoms with E-state index in [2.05, 4.69) is 22.0 Å². The van der Waals surface area contributed by atoms with Gasteiger partial charge in [0.05, 0.1) is 12.0 Å². The largest absolute Gasteiger partial charge is 0.369 e. The number of hydrogen-bond acceptors (Lipinski definition) is 6. The van der Waals surface area contributed by atoms with Gasteiger partial charge in [-0.15, -0.1) is 0 Å². The van der Waals surface area contributed by atoms with Crippen molar-refractivity contribution in [2.24, 2.45) is 11.8 Å². The highest BCUT2D eigenvalue weighted by Crippen LogP contribution is 2.35. The highest BCUT2D eigenvalue weighted by atomic mass is 19.3. The fourth-order valence-electron chi connectivity index (χ4n) is 5.65. The molecule has 1 N–H and O–H groups in total. The number of amides is 2. The summed E-state index contributed by atoms with van der Waals surface area (Å²) >= 11 is 0. The summed E-state index contributed by atoms with van der Waals surface area (Å²) in [4.78, 5) is 44.9. The lowest BCUT2D eigenvalue weighted by Gasteiger charge is -2.36. The van der Waals surface area contributed by atoms with Crippen LogP contribution >= 0.6 is 0 Å². The second-order valence-electron chi connectivity index (χ2n) is 10.7. The maximum absolute atomic E-state index is 13.6. The van der Waals surface area contributed by atoms with Crippen LogP contribution in [0.3, 0.4) is 0 Å². The molecule has 3 fully saturated rings. The quantitative estimate of drug-likeness (QED) is 0.539. The lowest BCUT2D eigenvalue weighted by atomic mass is 10.0. The van der Waals surface area contributed by atoms with Gasteiger partial charge in [0.15, 0.2) is 5.78 Å². The van der Waals surface area contributed by atoms with Crippen molar-refractivity contribution in [2.45, 2.75) is 58.2 Å². The molecule has 1 aromatic carbocycles. The molecular weight excluding hydrogens is 482 g/mol. The Bertz CT molecular complexity index is 966. The molecule has 4 atom stereocenters. The summed E-state index contributed by atoms with van der Waals surface area (Å²) in [6.45, 7) is 10.5. The Morgan fingerprint density at radius 2 is 1.78 bits per heavy atom. The van der Waals surface area contributed by atoms with Crippen LogP contribution in [0, 0.1) is 11.8 Å². The van der Waals surface area contributed by atoms with E-state index in [1.54, 1.807) is 12.1 Å². The molecule has 0 saturated carbocycles. The van der Waals surface area contributed by atoms with Gasteiger partial charge in [-0.05, 0) is 49.6 Å². The number of Topliss-reactive ketones (excluding diaryl/α,β-unsaturated/α-hetero) is 1. The second-order valence-corrected chi connectivity index (χ2v) is 10.7. The van der Waals surface area contributed by atoms with Crippen molar-refractivity contribution in [1.29, 1.82) is 0 Å². The first kappa shape index (κ1) is 27.4. The third kappa shape index (κ3) is 6.12. The van der Waals surface area contributed by atoms with Crippen molar-refractivity contribution in [3.63, 3.8) is 0 Å². The maximum atomic E-state index is 13.6. The number of hydrogen-bond donors (Lipinski definition) is 1. The van der Waals surface area contributed by atoms with Crippen molar-refractivity contribution < 1.29 is 27.9 Å². The normalized spacial score (nSPS) is 25.2. The van der Waals surface area contributed by atoms with E-state index in [-0.39, 0.29) is 24.9 Å². The number of fused-ring (bicyclic) bond motifs is 1. The van der Waals surface area contributed by atoms with Crippen LogP contribution in [0.15, 0.2) is 24.3 Å². The van der Waals surface area contributed by atoms with Crippen LogP contribution in [-0.2, 0) is 14.3 Å². The molecule has 1 aromatic rings. The summed E-state index contributed by atoms with van der Waals surface area (Å²) in [7, 11) is 0. The maximum Gasteiger partial charge on any atom is 0.251 e. The zero-order chi connectivity index (χ0) is 26.7. The van der Waals surface area contributed by atoms with E-state index in [1.165, 1.54) is 4.90 Å². The number of rotatable bonds is 9. The summed E-state index contributed by atoms with van der Waals surface area (Å²) in [6, 6.07) is 5.37. The topological polar surface area (TPSA) is 82.2 Å². The molecule has 10 heteroatoms. The number of carbonyl (C=O) groups excluding carboxylic acids is 3. The molecule has 3 heterocycles. The molecule has 8 nitrogen and oxygen atoms in total. The minimum absolute atomic E-state index is 0.0582. The van der Waals surface area contributed by atoms with E-state index in [0.29, 0.717) is 12.0 Å². The van der Waals surface area contributed by atoms with Gasteiger partial charge in [-0.25, -0.2) is 8.78 Å². The third-order valence-corrected chi connectivity index (χ3v) is 7.55. The van der Waals surface area contributed by atoms with E-state index >= 15 is 0 Å². The molecule has 4 rings (SSSR count). The molecule has 1 unspecified atom stereocenters. The standard InChI is InChI=1S/C27H38F2N4O4/c1-4-9-31-10-12-32(13-11-31)19-7-5-18(6-8-19)26(35)30-21(14-17(2)3)27(36)33-15-20(25(28)29)24-23(33)22(34)16-37-24/h5-8,17,20-21,23-25H,4,9-16H2,1-3H3,(H,30,35)/t20-,21?,23-,24-/m1/s1. The highest BCUT2D eigenvalue weighted by Gasteiger charge is 2.55. The Morgan fingerprint density at radius 3 is 2.38 bits per heavy atom. The fraction of sp³-hybridized carbons (Fsp3) is 0.667. The van der Waals surface area contributed by atoms with Gasteiger partial charge >= 0.3 is 0 Å². The first-order valence-corrected chi connectivity index (χ1v) is 13.3. The van der Waals surface area contributed by atoms with Crippen molar-refractivity contribution in [3.8, 4) is 0 Å². The smallest absolute Gasteiger partial charge is 0.251 e. The zero-order valence-corrected chi connectivity index (χ0v) is 21.9. The lowest BCUT2D eigenvalue weighted by molar-refractivity contribution is -0.138. The number of carbonyl (C=O) groups is 3. The SMILES string of the molecule is CCCN1CCN(c2ccc(C(=O)NC(CC(C)C)C(=O)N3C[C@@H](C(F)F)[C@H]4OCC(=O)[C@H]43)cc2)CC1. The highest BCUT2D eigenvalue weighted by molar-refractivity contribution is 5.99. The van der Waals surface area contributed by atoms with Crippen molar-refractivity contribution in [1.82, 2.24) is 15.1 Å². The molecule has 3 aliphatic heterocycles. The van der Waals surface area contributed by atoms with Crippen LogP contribution < -0.4 is 10.2 Å². The molecule has 37 heavy (non-hydrogen) atoms. The van der Waals surface area contributed by atoms with Crippen LogP contribution in [0.1, 0.15) is 44.0 Å². The monoisotopic (exact) mass is 520 g/mol. The fourth-order valence-corrected chi connectivity index (χ4v) is 5.65. The first-order valence-electron chi connectivity index (χ1n) is 13.3. The number of alkyl halides is 2. The molecule has 0 bridgehead atoms. The van der Waals surface area contributed by atoms with Gasteiger partial charge < -0.3 is 19.9 Å². The van der Waals surface area contributed by atoms with E-state index in [1.807, 2.05) is 26.0 Å². The van der Waals surface area contributed by atoms with Crippen LogP contribution in [0.4, 0.5) is 14.5 Å².